The molecule has 1 atom stereocenters. The Morgan fingerprint density at radius 1 is 1.24 bits per heavy atom. The molecule has 1 aliphatic rings. The third kappa shape index (κ3) is 3.91. The van der Waals surface area contributed by atoms with Gasteiger partial charge in [-0.05, 0) is 58.3 Å². The van der Waals surface area contributed by atoms with Crippen LogP contribution in [0.5, 0.6) is 0 Å². The van der Waals surface area contributed by atoms with Gasteiger partial charge in [-0.15, -0.1) is 0 Å². The minimum absolute atomic E-state index is 0.0554. The number of hydrogen-bond acceptors (Lipinski definition) is 2. The van der Waals surface area contributed by atoms with E-state index in [9.17, 15) is 4.79 Å². The van der Waals surface area contributed by atoms with Crippen LogP contribution in [0.4, 0.5) is 5.69 Å². The van der Waals surface area contributed by atoms with Crippen molar-refractivity contribution < 1.29 is 4.79 Å². The molecule has 1 amide bonds. The van der Waals surface area contributed by atoms with Crippen molar-refractivity contribution in [1.82, 2.24) is 4.98 Å². The fraction of sp³-hybridized carbons (Fsp3) is 0.294. The van der Waals surface area contributed by atoms with E-state index in [0.29, 0.717) is 18.3 Å². The molecular weight excluding hydrogens is 328 g/mol. The molecule has 0 bridgehead atoms. The van der Waals surface area contributed by atoms with E-state index in [-0.39, 0.29) is 5.91 Å². The number of hydrogen-bond donors (Lipinski definition) is 1. The second-order valence-corrected chi connectivity index (χ2v) is 6.29. The van der Waals surface area contributed by atoms with Gasteiger partial charge in [0.25, 0.3) is 0 Å². The van der Waals surface area contributed by atoms with E-state index < -0.39 is 0 Å². The van der Waals surface area contributed by atoms with Gasteiger partial charge in [0, 0.05) is 6.42 Å². The summed E-state index contributed by atoms with van der Waals surface area (Å²) in [4.78, 5) is 16.4. The van der Waals surface area contributed by atoms with Crippen LogP contribution in [0.25, 0.3) is 0 Å². The summed E-state index contributed by atoms with van der Waals surface area (Å²) in [6, 6.07) is 14.0. The van der Waals surface area contributed by atoms with Crippen molar-refractivity contribution in [2.75, 3.05) is 5.32 Å². The zero-order valence-corrected chi connectivity index (χ0v) is 13.2. The molecule has 1 N–H and O–H groups in total. The monoisotopic (exact) mass is 344 g/mol. The summed E-state index contributed by atoms with van der Waals surface area (Å²) < 4.78 is 0.764. The Hall–Kier alpha value is -1.68. The van der Waals surface area contributed by atoms with Crippen LogP contribution >= 0.6 is 15.9 Å². The molecule has 1 aromatic carbocycles. The minimum atomic E-state index is 0.0554. The van der Waals surface area contributed by atoms with Gasteiger partial charge in [-0.2, -0.15) is 0 Å². The highest BCUT2D eigenvalue weighted by molar-refractivity contribution is 9.10. The number of anilines is 1. The number of aromatic nitrogens is 1. The summed E-state index contributed by atoms with van der Waals surface area (Å²) in [5, 5.41) is 2.93. The molecule has 0 saturated heterocycles. The summed E-state index contributed by atoms with van der Waals surface area (Å²) in [5.74, 6) is 1.04. The van der Waals surface area contributed by atoms with Crippen LogP contribution in [-0.2, 0) is 4.79 Å². The smallest absolute Gasteiger partial charge is 0.225 e. The second kappa shape index (κ2) is 6.39. The highest BCUT2D eigenvalue weighted by atomic mass is 79.9. The van der Waals surface area contributed by atoms with E-state index in [0.717, 1.165) is 10.3 Å². The van der Waals surface area contributed by atoms with Crippen molar-refractivity contribution >= 4 is 27.5 Å². The third-order valence-electron chi connectivity index (χ3n) is 3.84. The lowest BCUT2D eigenvalue weighted by molar-refractivity contribution is -0.116. The van der Waals surface area contributed by atoms with Crippen molar-refractivity contribution in [2.24, 2.45) is 5.92 Å². The fourth-order valence-electron chi connectivity index (χ4n) is 2.62. The summed E-state index contributed by atoms with van der Waals surface area (Å²) in [5.41, 5.74) is 2.01. The summed E-state index contributed by atoms with van der Waals surface area (Å²) in [7, 11) is 0. The van der Waals surface area contributed by atoms with E-state index in [1.165, 1.54) is 18.4 Å². The Morgan fingerprint density at radius 2 is 2.00 bits per heavy atom. The molecule has 3 rings (SSSR count). The molecule has 0 radical (unpaired) electrons. The lowest BCUT2D eigenvalue weighted by Gasteiger charge is -2.16. The first-order chi connectivity index (χ1) is 10.2. The highest BCUT2D eigenvalue weighted by Gasteiger charge is 2.33. The van der Waals surface area contributed by atoms with Gasteiger partial charge in [0.1, 0.15) is 4.60 Å². The fourth-order valence-corrected chi connectivity index (χ4v) is 2.85. The van der Waals surface area contributed by atoms with Crippen LogP contribution < -0.4 is 5.32 Å². The number of benzene rings is 1. The topological polar surface area (TPSA) is 42.0 Å². The maximum absolute atomic E-state index is 12.3. The van der Waals surface area contributed by atoms with Crippen molar-refractivity contribution in [3.63, 3.8) is 0 Å². The van der Waals surface area contributed by atoms with Gasteiger partial charge >= 0.3 is 0 Å². The Balaban J connectivity index is 1.66. The van der Waals surface area contributed by atoms with Gasteiger partial charge < -0.3 is 5.32 Å². The molecule has 1 saturated carbocycles. The molecule has 1 aromatic heterocycles. The number of nitrogens with zero attached hydrogens (tertiary/aromatic N) is 1. The molecular formula is C17H17BrN2O. The molecule has 3 nitrogen and oxygen atoms in total. The number of pyridine rings is 1. The number of halogens is 1. The second-order valence-electron chi connectivity index (χ2n) is 5.48. The van der Waals surface area contributed by atoms with Crippen LogP contribution in [0.2, 0.25) is 0 Å². The molecule has 2 aromatic rings. The van der Waals surface area contributed by atoms with Gasteiger partial charge in [-0.1, -0.05) is 30.3 Å². The third-order valence-corrected chi connectivity index (χ3v) is 4.30. The molecule has 108 valence electrons. The predicted octanol–water partition coefficient (Wildman–Crippen LogP) is 4.37. The van der Waals surface area contributed by atoms with Gasteiger partial charge in [0.15, 0.2) is 0 Å². The maximum Gasteiger partial charge on any atom is 0.225 e. The molecule has 0 aliphatic heterocycles. The molecule has 4 heteroatoms. The summed E-state index contributed by atoms with van der Waals surface area (Å²) in [6.07, 6.45) is 4.65. The van der Waals surface area contributed by atoms with Gasteiger partial charge in [0.2, 0.25) is 5.91 Å². The number of rotatable bonds is 5. The average Bonchev–Trinajstić information content (AvgIpc) is 3.33. The number of amides is 1. The van der Waals surface area contributed by atoms with E-state index in [2.05, 4.69) is 38.4 Å². The molecule has 1 heterocycles. The molecule has 1 fully saturated rings. The SMILES string of the molecule is O=C(CC(c1ccccc1)C1CC1)Nc1ccc(Br)nc1. The first kappa shape index (κ1) is 14.3. The summed E-state index contributed by atoms with van der Waals surface area (Å²) >= 11 is 3.29. The number of carbonyl (C=O) groups excluding carboxylic acids is 1. The quantitative estimate of drug-likeness (QED) is 0.818. The molecule has 1 aliphatic carbocycles. The Kier molecular flexibility index (Phi) is 4.34. The normalized spacial score (nSPS) is 15.5. The van der Waals surface area contributed by atoms with Crippen molar-refractivity contribution in [3.8, 4) is 0 Å². The highest BCUT2D eigenvalue weighted by Crippen LogP contribution is 2.44. The Morgan fingerprint density at radius 3 is 2.62 bits per heavy atom. The Bertz CT molecular complexity index is 608. The van der Waals surface area contributed by atoms with Gasteiger partial charge in [0.05, 0.1) is 11.9 Å². The summed E-state index contributed by atoms with van der Waals surface area (Å²) in [6.45, 7) is 0. The zero-order valence-electron chi connectivity index (χ0n) is 11.6. The van der Waals surface area contributed by atoms with Crippen molar-refractivity contribution in [2.45, 2.75) is 25.2 Å². The maximum atomic E-state index is 12.3. The van der Waals surface area contributed by atoms with Crippen LogP contribution in [0, 0.1) is 5.92 Å². The van der Waals surface area contributed by atoms with Crippen LogP contribution in [0.3, 0.4) is 0 Å². The van der Waals surface area contributed by atoms with Crippen LogP contribution in [-0.4, -0.2) is 10.9 Å². The lowest BCUT2D eigenvalue weighted by atomic mass is 9.91. The van der Waals surface area contributed by atoms with Crippen LogP contribution in [0.1, 0.15) is 30.7 Å². The largest absolute Gasteiger partial charge is 0.325 e. The Labute approximate surface area is 132 Å². The zero-order chi connectivity index (χ0) is 14.7. The first-order valence-electron chi connectivity index (χ1n) is 7.19. The molecule has 21 heavy (non-hydrogen) atoms. The lowest BCUT2D eigenvalue weighted by Crippen LogP contribution is -2.16. The van der Waals surface area contributed by atoms with E-state index in [1.807, 2.05) is 30.3 Å². The average molecular weight is 345 g/mol. The van der Waals surface area contributed by atoms with Gasteiger partial charge in [-0.25, -0.2) is 4.98 Å². The predicted molar refractivity (Wildman–Crippen MR) is 87.1 cm³/mol. The minimum Gasteiger partial charge on any atom is -0.325 e. The molecule has 0 spiro atoms. The van der Waals surface area contributed by atoms with E-state index in [4.69, 9.17) is 0 Å². The number of nitrogens with one attached hydrogen (secondary N) is 1. The van der Waals surface area contributed by atoms with Crippen molar-refractivity contribution in [3.05, 3.63) is 58.8 Å². The van der Waals surface area contributed by atoms with Crippen molar-refractivity contribution in [1.29, 1.82) is 0 Å². The number of carbonyl (C=O) groups is 1. The molecule has 1 unspecified atom stereocenters. The van der Waals surface area contributed by atoms with E-state index >= 15 is 0 Å². The van der Waals surface area contributed by atoms with Crippen LogP contribution in [0.15, 0.2) is 53.3 Å². The van der Waals surface area contributed by atoms with E-state index in [1.54, 1.807) is 6.20 Å². The first-order valence-corrected chi connectivity index (χ1v) is 7.98. The van der Waals surface area contributed by atoms with Gasteiger partial charge in [-0.3, -0.25) is 4.79 Å². The standard InChI is InChI=1S/C17H17BrN2O/c18-16-9-8-14(11-19-16)20-17(21)10-15(13-6-7-13)12-4-2-1-3-5-12/h1-5,8-9,11,13,15H,6-7,10H2,(H,20,21).